The zero-order valence-corrected chi connectivity index (χ0v) is 12.8. The highest BCUT2D eigenvalue weighted by atomic mass is 79.9. The number of alkyl halides is 3. The zero-order chi connectivity index (χ0) is 15.6. The van der Waals surface area contributed by atoms with Crippen molar-refractivity contribution in [1.82, 2.24) is 0 Å². The van der Waals surface area contributed by atoms with Crippen molar-refractivity contribution >= 4 is 33.1 Å². The minimum atomic E-state index is -4.51. The number of para-hydroxylation sites is 1. The van der Waals surface area contributed by atoms with Crippen molar-refractivity contribution in [2.24, 2.45) is 5.73 Å². The van der Waals surface area contributed by atoms with Gasteiger partial charge in [-0.2, -0.15) is 13.2 Å². The van der Waals surface area contributed by atoms with Crippen LogP contribution in [-0.2, 0) is 6.18 Å². The quantitative estimate of drug-likeness (QED) is 0.775. The summed E-state index contributed by atoms with van der Waals surface area (Å²) >= 11 is 8.11. The molecule has 0 saturated heterocycles. The summed E-state index contributed by atoms with van der Waals surface area (Å²) in [5.41, 5.74) is 5.06. The molecule has 2 aromatic rings. The van der Waals surface area contributed by atoms with Crippen LogP contribution < -0.4 is 10.5 Å². The van der Waals surface area contributed by atoms with E-state index in [1.54, 1.807) is 12.1 Å². The number of nitrogens with two attached hydrogens (primary N) is 1. The second-order valence-electron chi connectivity index (χ2n) is 4.10. The maximum absolute atomic E-state index is 12.9. The monoisotopic (exact) mass is 375 g/mol. The lowest BCUT2D eigenvalue weighted by Gasteiger charge is -2.15. The Kier molecular flexibility index (Phi) is 4.53. The number of ether oxygens (including phenoxy) is 1. The molecule has 0 saturated carbocycles. The number of rotatable bonds is 3. The maximum Gasteiger partial charge on any atom is 0.419 e. The summed E-state index contributed by atoms with van der Waals surface area (Å²) < 4.78 is 44.9. The topological polar surface area (TPSA) is 35.2 Å². The molecule has 0 fully saturated rings. The van der Waals surface area contributed by atoms with E-state index in [0.717, 1.165) is 6.07 Å². The lowest BCUT2D eigenvalue weighted by molar-refractivity contribution is -0.138. The minimum Gasteiger partial charge on any atom is -0.456 e. The van der Waals surface area contributed by atoms with E-state index in [1.165, 1.54) is 24.3 Å². The van der Waals surface area contributed by atoms with Gasteiger partial charge in [-0.15, -0.1) is 0 Å². The predicted molar refractivity (Wildman–Crippen MR) is 81.5 cm³/mol. The van der Waals surface area contributed by atoms with E-state index in [1.807, 2.05) is 0 Å². The smallest absolute Gasteiger partial charge is 0.419 e. The van der Waals surface area contributed by atoms with Crippen molar-refractivity contribution in [2.45, 2.75) is 6.18 Å². The Labute approximate surface area is 132 Å². The first kappa shape index (κ1) is 15.8. The summed E-state index contributed by atoms with van der Waals surface area (Å²) in [7, 11) is 0. The fourth-order valence-electron chi connectivity index (χ4n) is 1.69. The summed E-state index contributed by atoms with van der Waals surface area (Å²) in [5.74, 6) is -0.144. The molecule has 0 aliphatic heterocycles. The van der Waals surface area contributed by atoms with Gasteiger partial charge in [0.15, 0.2) is 0 Å². The third-order valence-electron chi connectivity index (χ3n) is 2.62. The van der Waals surface area contributed by atoms with Crippen LogP contribution in [0.5, 0.6) is 11.5 Å². The van der Waals surface area contributed by atoms with Gasteiger partial charge in [0.25, 0.3) is 0 Å². The molecule has 7 heteroatoms. The first-order chi connectivity index (χ1) is 9.79. The van der Waals surface area contributed by atoms with Gasteiger partial charge in [0.1, 0.15) is 16.5 Å². The van der Waals surface area contributed by atoms with Gasteiger partial charge >= 0.3 is 6.18 Å². The fraction of sp³-hybridized carbons (Fsp3) is 0.0714. The number of halogens is 4. The van der Waals surface area contributed by atoms with Crippen LogP contribution >= 0.6 is 28.1 Å². The minimum absolute atomic E-state index is 0.0435. The molecule has 110 valence electrons. The summed E-state index contributed by atoms with van der Waals surface area (Å²) in [6, 6.07) is 9.73. The number of thiocarbonyl (C=S) groups is 1. The molecule has 0 spiro atoms. The Balaban J connectivity index is 2.49. The van der Waals surface area contributed by atoms with Crippen molar-refractivity contribution in [1.29, 1.82) is 0 Å². The summed E-state index contributed by atoms with van der Waals surface area (Å²) in [4.78, 5) is 0.0435. The Morgan fingerprint density at radius 3 is 2.38 bits per heavy atom. The lowest BCUT2D eigenvalue weighted by Crippen LogP contribution is -2.12. The maximum atomic E-state index is 12.9. The highest BCUT2D eigenvalue weighted by Crippen LogP contribution is 2.39. The molecule has 0 heterocycles. The van der Waals surface area contributed by atoms with Crippen LogP contribution in [0.1, 0.15) is 11.1 Å². The van der Waals surface area contributed by atoms with E-state index in [0.29, 0.717) is 10.0 Å². The molecule has 21 heavy (non-hydrogen) atoms. The van der Waals surface area contributed by atoms with Crippen LogP contribution in [0.15, 0.2) is 46.9 Å². The van der Waals surface area contributed by atoms with Gasteiger partial charge in [0.2, 0.25) is 0 Å². The first-order valence-electron chi connectivity index (χ1n) is 5.72. The molecule has 0 aliphatic carbocycles. The molecular weight excluding hydrogens is 367 g/mol. The highest BCUT2D eigenvalue weighted by molar-refractivity contribution is 9.10. The summed E-state index contributed by atoms with van der Waals surface area (Å²) in [6.07, 6.45) is -4.51. The SMILES string of the molecule is NC(=S)c1ccc(Br)cc1Oc1ccccc1C(F)(F)F. The summed E-state index contributed by atoms with van der Waals surface area (Å²) in [6.45, 7) is 0. The average Bonchev–Trinajstić information content (AvgIpc) is 2.37. The molecular formula is C14H9BrF3NOS. The molecule has 0 aliphatic rings. The third kappa shape index (κ3) is 3.74. The Bertz CT molecular complexity index is 688. The molecule has 0 amide bonds. The van der Waals surface area contributed by atoms with Crippen molar-refractivity contribution in [3.8, 4) is 11.5 Å². The number of hydrogen-bond donors (Lipinski definition) is 1. The van der Waals surface area contributed by atoms with Crippen LogP contribution in [0.3, 0.4) is 0 Å². The second-order valence-corrected chi connectivity index (χ2v) is 5.46. The first-order valence-corrected chi connectivity index (χ1v) is 6.92. The van der Waals surface area contributed by atoms with E-state index in [-0.39, 0.29) is 16.5 Å². The largest absolute Gasteiger partial charge is 0.456 e. The number of benzene rings is 2. The molecule has 0 bridgehead atoms. The number of hydrogen-bond acceptors (Lipinski definition) is 2. The Morgan fingerprint density at radius 2 is 1.76 bits per heavy atom. The standard InChI is InChI=1S/C14H9BrF3NOS/c15-8-5-6-9(13(19)21)12(7-8)20-11-4-2-1-3-10(11)14(16,17)18/h1-7H,(H2,19,21). The fourth-order valence-corrected chi connectivity index (χ4v) is 2.20. The molecule has 0 radical (unpaired) electrons. The van der Waals surface area contributed by atoms with Crippen LogP contribution in [0.25, 0.3) is 0 Å². The van der Waals surface area contributed by atoms with E-state index in [4.69, 9.17) is 22.7 Å². The molecule has 0 aromatic heterocycles. The van der Waals surface area contributed by atoms with Gasteiger partial charge in [-0.25, -0.2) is 0 Å². The van der Waals surface area contributed by atoms with Crippen molar-refractivity contribution in [3.05, 3.63) is 58.1 Å². The Hall–Kier alpha value is -1.60. The van der Waals surface area contributed by atoms with Gasteiger partial charge in [0.05, 0.1) is 11.1 Å². The van der Waals surface area contributed by atoms with Gasteiger partial charge in [-0.05, 0) is 30.3 Å². The average molecular weight is 376 g/mol. The summed E-state index contributed by atoms with van der Waals surface area (Å²) in [5, 5.41) is 0. The molecule has 2 nitrogen and oxygen atoms in total. The van der Waals surface area contributed by atoms with Crippen LogP contribution in [0.4, 0.5) is 13.2 Å². The predicted octanol–water partition coefficient (Wildman–Crippen LogP) is 4.89. The zero-order valence-electron chi connectivity index (χ0n) is 10.4. The van der Waals surface area contributed by atoms with Gasteiger partial charge in [-0.3, -0.25) is 0 Å². The van der Waals surface area contributed by atoms with E-state index in [2.05, 4.69) is 15.9 Å². The van der Waals surface area contributed by atoms with E-state index in [9.17, 15) is 13.2 Å². The van der Waals surface area contributed by atoms with Crippen LogP contribution in [0, 0.1) is 0 Å². The van der Waals surface area contributed by atoms with E-state index >= 15 is 0 Å². The highest BCUT2D eigenvalue weighted by Gasteiger charge is 2.34. The molecule has 2 rings (SSSR count). The molecule has 2 aromatic carbocycles. The van der Waals surface area contributed by atoms with E-state index < -0.39 is 11.7 Å². The van der Waals surface area contributed by atoms with Crippen molar-refractivity contribution < 1.29 is 17.9 Å². The van der Waals surface area contributed by atoms with Crippen LogP contribution in [-0.4, -0.2) is 4.99 Å². The Morgan fingerprint density at radius 1 is 1.10 bits per heavy atom. The van der Waals surface area contributed by atoms with Crippen LogP contribution in [0.2, 0.25) is 0 Å². The molecule has 0 atom stereocenters. The van der Waals surface area contributed by atoms with Gasteiger partial charge in [0, 0.05) is 4.47 Å². The normalized spacial score (nSPS) is 11.2. The second kappa shape index (κ2) is 6.03. The third-order valence-corrected chi connectivity index (χ3v) is 3.33. The van der Waals surface area contributed by atoms with Gasteiger partial charge in [-0.1, -0.05) is 40.3 Å². The molecule has 0 unspecified atom stereocenters. The lowest BCUT2D eigenvalue weighted by atomic mass is 10.1. The van der Waals surface area contributed by atoms with Crippen molar-refractivity contribution in [2.75, 3.05) is 0 Å². The van der Waals surface area contributed by atoms with Gasteiger partial charge < -0.3 is 10.5 Å². The van der Waals surface area contributed by atoms with Crippen molar-refractivity contribution in [3.63, 3.8) is 0 Å². The molecule has 2 N–H and O–H groups in total.